The molecule has 110 valence electrons. The van der Waals surface area contributed by atoms with Gasteiger partial charge in [0.1, 0.15) is 4.88 Å². The van der Waals surface area contributed by atoms with Gasteiger partial charge in [-0.05, 0) is 25.0 Å². The number of hydrogen-bond donors (Lipinski definition) is 1. The van der Waals surface area contributed by atoms with Gasteiger partial charge in [-0.2, -0.15) is 0 Å². The first kappa shape index (κ1) is 13.8. The lowest BCUT2D eigenvalue weighted by atomic mass is 10.1. The molecule has 7 heteroatoms. The number of carboxylic acid groups (broad SMARTS) is 1. The van der Waals surface area contributed by atoms with Crippen molar-refractivity contribution in [3.05, 3.63) is 29.5 Å². The molecule has 0 saturated carbocycles. The lowest BCUT2D eigenvalue weighted by Gasteiger charge is -2.22. The Morgan fingerprint density at radius 2 is 2.38 bits per heavy atom. The molecule has 3 rings (SSSR count). The van der Waals surface area contributed by atoms with Crippen LogP contribution in [0.25, 0.3) is 10.8 Å². The second-order valence-corrected chi connectivity index (χ2v) is 5.93. The van der Waals surface area contributed by atoms with E-state index in [1.165, 1.54) is 17.5 Å². The van der Waals surface area contributed by atoms with E-state index in [0.29, 0.717) is 22.2 Å². The first-order chi connectivity index (χ1) is 10.1. The van der Waals surface area contributed by atoms with Crippen LogP contribution in [-0.4, -0.2) is 39.5 Å². The van der Waals surface area contributed by atoms with Gasteiger partial charge >= 0.3 is 5.97 Å². The fraction of sp³-hybridized carbons (Fsp3) is 0.357. The highest BCUT2D eigenvalue weighted by Gasteiger charge is 2.32. The SMILES string of the molecule is O=C(O)CC1CCCN1C(=O)c1cnc(-c2ccco2)s1. The van der Waals surface area contributed by atoms with Crippen LogP contribution in [0.1, 0.15) is 28.9 Å². The highest BCUT2D eigenvalue weighted by Crippen LogP contribution is 2.29. The second kappa shape index (κ2) is 5.69. The number of rotatable bonds is 4. The Bertz CT molecular complexity index is 650. The molecular weight excluding hydrogens is 292 g/mol. The molecule has 6 nitrogen and oxygen atoms in total. The standard InChI is InChI=1S/C14H14N2O4S/c17-12(18)7-9-3-1-5-16(9)14(19)11-8-15-13(21-11)10-4-2-6-20-10/h2,4,6,8-9H,1,3,5,7H2,(H,17,18). The minimum Gasteiger partial charge on any atom is -0.481 e. The number of aromatic nitrogens is 1. The van der Waals surface area contributed by atoms with Crippen LogP contribution in [0.2, 0.25) is 0 Å². The summed E-state index contributed by atoms with van der Waals surface area (Å²) in [5, 5.41) is 9.56. The summed E-state index contributed by atoms with van der Waals surface area (Å²) in [4.78, 5) is 29.7. The van der Waals surface area contributed by atoms with Crippen LogP contribution in [0.15, 0.2) is 29.0 Å². The van der Waals surface area contributed by atoms with Crippen LogP contribution in [0.3, 0.4) is 0 Å². The van der Waals surface area contributed by atoms with E-state index in [-0.39, 0.29) is 18.4 Å². The summed E-state index contributed by atoms with van der Waals surface area (Å²) < 4.78 is 5.26. The summed E-state index contributed by atoms with van der Waals surface area (Å²) in [7, 11) is 0. The summed E-state index contributed by atoms with van der Waals surface area (Å²) in [6.45, 7) is 0.602. The van der Waals surface area contributed by atoms with Gasteiger partial charge in [-0.1, -0.05) is 0 Å². The van der Waals surface area contributed by atoms with Gasteiger partial charge in [0.2, 0.25) is 0 Å². The molecule has 21 heavy (non-hydrogen) atoms. The van der Waals surface area contributed by atoms with Gasteiger partial charge in [0, 0.05) is 12.6 Å². The Labute approximate surface area is 125 Å². The van der Waals surface area contributed by atoms with Crippen LogP contribution < -0.4 is 0 Å². The molecule has 2 aromatic rings. The van der Waals surface area contributed by atoms with Gasteiger partial charge in [-0.3, -0.25) is 9.59 Å². The minimum atomic E-state index is -0.875. The third kappa shape index (κ3) is 2.82. The van der Waals surface area contributed by atoms with Crippen LogP contribution in [0.4, 0.5) is 0 Å². The van der Waals surface area contributed by atoms with E-state index in [1.807, 2.05) is 0 Å². The van der Waals surface area contributed by atoms with Gasteiger partial charge in [-0.25, -0.2) is 4.98 Å². The number of aliphatic carboxylic acids is 1. The number of hydrogen-bond acceptors (Lipinski definition) is 5. The molecule has 1 aliphatic rings. The van der Waals surface area contributed by atoms with Gasteiger partial charge in [-0.15, -0.1) is 11.3 Å². The van der Waals surface area contributed by atoms with E-state index in [9.17, 15) is 9.59 Å². The Morgan fingerprint density at radius 1 is 1.52 bits per heavy atom. The predicted octanol–water partition coefficient (Wildman–Crippen LogP) is 2.48. The molecule has 1 fully saturated rings. The normalized spacial score (nSPS) is 18.1. The summed E-state index contributed by atoms with van der Waals surface area (Å²) in [6.07, 6.45) is 4.66. The number of carboxylic acids is 1. The monoisotopic (exact) mass is 306 g/mol. The molecular formula is C14H14N2O4S. The van der Waals surface area contributed by atoms with E-state index in [1.54, 1.807) is 23.3 Å². The van der Waals surface area contributed by atoms with Crippen molar-refractivity contribution in [2.45, 2.75) is 25.3 Å². The largest absolute Gasteiger partial charge is 0.481 e. The summed E-state index contributed by atoms with van der Waals surface area (Å²) >= 11 is 1.26. The fourth-order valence-electron chi connectivity index (χ4n) is 2.55. The zero-order chi connectivity index (χ0) is 14.8. The van der Waals surface area contributed by atoms with Crippen LogP contribution in [0.5, 0.6) is 0 Å². The van der Waals surface area contributed by atoms with Gasteiger partial charge in [0.05, 0.1) is 18.9 Å². The smallest absolute Gasteiger partial charge is 0.305 e. The van der Waals surface area contributed by atoms with Crippen molar-refractivity contribution in [3.8, 4) is 10.8 Å². The first-order valence-electron chi connectivity index (χ1n) is 6.67. The maximum Gasteiger partial charge on any atom is 0.305 e. The highest BCUT2D eigenvalue weighted by molar-refractivity contribution is 7.16. The first-order valence-corrected chi connectivity index (χ1v) is 7.49. The van der Waals surface area contributed by atoms with Crippen molar-refractivity contribution in [1.29, 1.82) is 0 Å². The lowest BCUT2D eigenvalue weighted by Crippen LogP contribution is -2.36. The van der Waals surface area contributed by atoms with Crippen molar-refractivity contribution < 1.29 is 19.1 Å². The topological polar surface area (TPSA) is 83.6 Å². The van der Waals surface area contributed by atoms with Crippen LogP contribution >= 0.6 is 11.3 Å². The Morgan fingerprint density at radius 3 is 3.10 bits per heavy atom. The minimum absolute atomic E-state index is 0.00438. The molecule has 1 unspecified atom stereocenters. The number of amides is 1. The Balaban J connectivity index is 1.77. The maximum absolute atomic E-state index is 12.5. The molecule has 0 spiro atoms. The molecule has 1 N–H and O–H groups in total. The molecule has 1 atom stereocenters. The van der Waals surface area contributed by atoms with E-state index >= 15 is 0 Å². The quantitative estimate of drug-likeness (QED) is 0.938. The number of carbonyl (C=O) groups excluding carboxylic acids is 1. The third-order valence-corrected chi connectivity index (χ3v) is 4.50. The molecule has 2 aromatic heterocycles. The number of thiazole rings is 1. The second-order valence-electron chi connectivity index (χ2n) is 4.90. The maximum atomic E-state index is 12.5. The van der Waals surface area contributed by atoms with Crippen molar-refractivity contribution in [3.63, 3.8) is 0 Å². The van der Waals surface area contributed by atoms with E-state index in [2.05, 4.69) is 4.98 Å². The fourth-order valence-corrected chi connectivity index (χ4v) is 3.39. The van der Waals surface area contributed by atoms with Crippen molar-refractivity contribution in [2.24, 2.45) is 0 Å². The predicted molar refractivity (Wildman–Crippen MR) is 76.1 cm³/mol. The van der Waals surface area contributed by atoms with E-state index in [4.69, 9.17) is 9.52 Å². The molecule has 0 aliphatic carbocycles. The van der Waals surface area contributed by atoms with Crippen molar-refractivity contribution in [1.82, 2.24) is 9.88 Å². The number of likely N-dealkylation sites (tertiary alicyclic amines) is 1. The van der Waals surface area contributed by atoms with Gasteiger partial charge < -0.3 is 14.4 Å². The average Bonchev–Trinajstić information content (AvgIpc) is 3.18. The van der Waals surface area contributed by atoms with E-state index in [0.717, 1.165) is 12.8 Å². The Kier molecular flexibility index (Phi) is 3.74. The molecule has 0 radical (unpaired) electrons. The summed E-state index contributed by atoms with van der Waals surface area (Å²) in [6, 6.07) is 3.33. The van der Waals surface area contributed by atoms with Crippen LogP contribution in [-0.2, 0) is 4.79 Å². The molecule has 1 saturated heterocycles. The molecule has 0 aromatic carbocycles. The average molecular weight is 306 g/mol. The number of nitrogens with zero attached hydrogens (tertiary/aromatic N) is 2. The highest BCUT2D eigenvalue weighted by atomic mass is 32.1. The van der Waals surface area contributed by atoms with Crippen LogP contribution in [0, 0.1) is 0 Å². The molecule has 3 heterocycles. The molecule has 0 bridgehead atoms. The summed E-state index contributed by atoms with van der Waals surface area (Å²) in [5.74, 6) is -0.392. The van der Waals surface area contributed by atoms with Crippen molar-refractivity contribution >= 4 is 23.2 Å². The lowest BCUT2D eigenvalue weighted by molar-refractivity contribution is -0.137. The molecule has 1 amide bonds. The number of carbonyl (C=O) groups is 2. The van der Waals surface area contributed by atoms with Gasteiger partial charge in [0.25, 0.3) is 5.91 Å². The number of furan rings is 1. The zero-order valence-electron chi connectivity index (χ0n) is 11.2. The Hall–Kier alpha value is -2.15. The van der Waals surface area contributed by atoms with E-state index < -0.39 is 5.97 Å². The van der Waals surface area contributed by atoms with Gasteiger partial charge in [0.15, 0.2) is 10.8 Å². The molecule has 1 aliphatic heterocycles. The summed E-state index contributed by atoms with van der Waals surface area (Å²) in [5.41, 5.74) is 0. The zero-order valence-corrected chi connectivity index (χ0v) is 12.0. The third-order valence-electron chi connectivity index (χ3n) is 3.50. The van der Waals surface area contributed by atoms with Crippen molar-refractivity contribution in [2.75, 3.05) is 6.54 Å².